The van der Waals surface area contributed by atoms with Crippen molar-refractivity contribution in [2.45, 2.75) is 31.9 Å². The van der Waals surface area contributed by atoms with Crippen molar-refractivity contribution in [3.8, 4) is 0 Å². The molecule has 0 aliphatic carbocycles. The largest absolute Gasteiger partial charge is 0.373 e. The molecule has 0 bridgehead atoms. The summed E-state index contributed by atoms with van der Waals surface area (Å²) in [6, 6.07) is 7.90. The number of hydrogen-bond donors (Lipinski definition) is 2. The molecular weight excluding hydrogens is 314 g/mol. The number of halogens is 1. The highest BCUT2D eigenvalue weighted by Gasteiger charge is 2.32. The molecule has 0 saturated carbocycles. The third-order valence-electron chi connectivity index (χ3n) is 4.01. The van der Waals surface area contributed by atoms with Gasteiger partial charge in [-0.15, -0.1) is 0 Å². The lowest BCUT2D eigenvalue weighted by molar-refractivity contribution is -0.121. The van der Waals surface area contributed by atoms with Gasteiger partial charge in [0.15, 0.2) is 0 Å². The summed E-state index contributed by atoms with van der Waals surface area (Å²) in [5.74, 6) is -0.0148. The molecule has 1 aliphatic rings. The number of nitrogens with one attached hydrogen (secondary N) is 1. The predicted molar refractivity (Wildman–Crippen MR) is 92.5 cm³/mol. The van der Waals surface area contributed by atoms with Gasteiger partial charge in [0.05, 0.1) is 18.2 Å². The Balaban J connectivity index is 2.13. The van der Waals surface area contributed by atoms with Gasteiger partial charge in [-0.05, 0) is 31.5 Å². The second-order valence-electron chi connectivity index (χ2n) is 6.49. The summed E-state index contributed by atoms with van der Waals surface area (Å²) in [6.45, 7) is 7.43. The Morgan fingerprint density at radius 2 is 2.13 bits per heavy atom. The van der Waals surface area contributed by atoms with Gasteiger partial charge in [-0.3, -0.25) is 9.69 Å². The van der Waals surface area contributed by atoms with E-state index in [2.05, 4.69) is 24.1 Å². The third-order valence-corrected chi connectivity index (χ3v) is 4.27. The van der Waals surface area contributed by atoms with E-state index in [1.54, 1.807) is 0 Å². The molecule has 1 aromatic rings. The van der Waals surface area contributed by atoms with Crippen LogP contribution in [0.25, 0.3) is 0 Å². The van der Waals surface area contributed by atoms with Crippen molar-refractivity contribution in [2.24, 2.45) is 5.73 Å². The quantitative estimate of drug-likeness (QED) is 0.831. The standard InChI is InChI=1S/C17H26ClN3O2/c1-17(2)12-21(9-10-23-17)15(11-20-16(22)7-8-19)13-3-5-14(18)6-4-13/h3-6,15H,7-12,19H2,1-2H3,(H,20,22). The van der Waals surface area contributed by atoms with Crippen LogP contribution in [0, 0.1) is 0 Å². The Morgan fingerprint density at radius 1 is 1.43 bits per heavy atom. The molecule has 2 rings (SSSR count). The number of amides is 1. The molecule has 0 aromatic heterocycles. The maximum Gasteiger partial charge on any atom is 0.221 e. The Bertz CT molecular complexity index is 519. The van der Waals surface area contributed by atoms with Crippen molar-refractivity contribution in [1.82, 2.24) is 10.2 Å². The Kier molecular flexibility index (Phi) is 6.41. The van der Waals surface area contributed by atoms with E-state index >= 15 is 0 Å². The molecular formula is C17H26ClN3O2. The van der Waals surface area contributed by atoms with Crippen molar-refractivity contribution < 1.29 is 9.53 Å². The van der Waals surface area contributed by atoms with Crippen LogP contribution in [0.2, 0.25) is 5.02 Å². The van der Waals surface area contributed by atoms with E-state index in [-0.39, 0.29) is 17.6 Å². The van der Waals surface area contributed by atoms with Gasteiger partial charge in [0.1, 0.15) is 0 Å². The number of carbonyl (C=O) groups excluding carboxylic acids is 1. The number of nitrogens with zero attached hydrogens (tertiary/aromatic N) is 1. The van der Waals surface area contributed by atoms with Crippen LogP contribution in [-0.4, -0.2) is 49.2 Å². The molecule has 1 fully saturated rings. The summed E-state index contributed by atoms with van der Waals surface area (Å²) >= 11 is 6.00. The van der Waals surface area contributed by atoms with Crippen LogP contribution in [0.1, 0.15) is 31.9 Å². The highest BCUT2D eigenvalue weighted by atomic mass is 35.5. The normalized spacial score (nSPS) is 19.3. The maximum atomic E-state index is 11.8. The smallest absolute Gasteiger partial charge is 0.221 e. The minimum atomic E-state index is -0.190. The van der Waals surface area contributed by atoms with E-state index in [4.69, 9.17) is 22.1 Å². The number of carbonyl (C=O) groups is 1. The number of benzene rings is 1. The number of hydrogen-bond acceptors (Lipinski definition) is 4. The zero-order valence-electron chi connectivity index (χ0n) is 13.8. The van der Waals surface area contributed by atoms with Crippen molar-refractivity contribution in [3.05, 3.63) is 34.9 Å². The lowest BCUT2D eigenvalue weighted by Crippen LogP contribution is -2.51. The second-order valence-corrected chi connectivity index (χ2v) is 6.93. The first-order chi connectivity index (χ1) is 10.9. The molecule has 23 heavy (non-hydrogen) atoms. The lowest BCUT2D eigenvalue weighted by Gasteiger charge is -2.42. The van der Waals surface area contributed by atoms with Gasteiger partial charge in [0, 0.05) is 37.6 Å². The van der Waals surface area contributed by atoms with Gasteiger partial charge in [-0.2, -0.15) is 0 Å². The average Bonchev–Trinajstić information content (AvgIpc) is 2.48. The molecule has 1 heterocycles. The molecule has 1 aromatic carbocycles. The topological polar surface area (TPSA) is 67.6 Å². The van der Waals surface area contributed by atoms with Crippen LogP contribution in [-0.2, 0) is 9.53 Å². The maximum absolute atomic E-state index is 11.8. The Hall–Kier alpha value is -1.14. The highest BCUT2D eigenvalue weighted by Crippen LogP contribution is 2.27. The van der Waals surface area contributed by atoms with Crippen LogP contribution in [0.4, 0.5) is 0 Å². The first-order valence-electron chi connectivity index (χ1n) is 8.01. The zero-order valence-corrected chi connectivity index (χ0v) is 14.6. The first-order valence-corrected chi connectivity index (χ1v) is 8.39. The van der Waals surface area contributed by atoms with Crippen molar-refractivity contribution in [2.75, 3.05) is 32.8 Å². The summed E-state index contributed by atoms with van der Waals surface area (Å²) in [4.78, 5) is 14.1. The van der Waals surface area contributed by atoms with Crippen molar-refractivity contribution in [1.29, 1.82) is 0 Å². The van der Waals surface area contributed by atoms with Gasteiger partial charge in [0.25, 0.3) is 0 Å². The molecule has 1 saturated heterocycles. The predicted octanol–water partition coefficient (Wildman–Crippen LogP) is 1.96. The third kappa shape index (κ3) is 5.46. The fraction of sp³-hybridized carbons (Fsp3) is 0.588. The number of morpholine rings is 1. The zero-order chi connectivity index (χ0) is 16.9. The summed E-state index contributed by atoms with van der Waals surface area (Å²) in [5, 5.41) is 3.70. The minimum Gasteiger partial charge on any atom is -0.373 e. The van der Waals surface area contributed by atoms with Gasteiger partial charge in [-0.25, -0.2) is 0 Å². The lowest BCUT2D eigenvalue weighted by atomic mass is 10.0. The van der Waals surface area contributed by atoms with Crippen molar-refractivity contribution >= 4 is 17.5 Å². The van der Waals surface area contributed by atoms with E-state index in [0.29, 0.717) is 31.1 Å². The second kappa shape index (κ2) is 8.11. The van der Waals surface area contributed by atoms with Gasteiger partial charge in [-0.1, -0.05) is 23.7 Å². The van der Waals surface area contributed by atoms with E-state index in [1.165, 1.54) is 0 Å². The van der Waals surface area contributed by atoms with E-state index in [0.717, 1.165) is 18.7 Å². The fourth-order valence-corrected chi connectivity index (χ4v) is 3.02. The van der Waals surface area contributed by atoms with E-state index in [1.807, 2.05) is 24.3 Å². The number of rotatable bonds is 6. The molecule has 128 valence electrons. The SMILES string of the molecule is CC1(C)CN(C(CNC(=O)CCN)c2ccc(Cl)cc2)CCO1. The van der Waals surface area contributed by atoms with E-state index < -0.39 is 0 Å². The summed E-state index contributed by atoms with van der Waals surface area (Å²) in [5.41, 5.74) is 6.39. The molecule has 1 aliphatic heterocycles. The van der Waals surface area contributed by atoms with Gasteiger partial charge < -0.3 is 15.8 Å². The molecule has 0 radical (unpaired) electrons. The average molecular weight is 340 g/mol. The molecule has 5 nitrogen and oxygen atoms in total. The van der Waals surface area contributed by atoms with Crippen LogP contribution in [0.3, 0.4) is 0 Å². The highest BCUT2D eigenvalue weighted by molar-refractivity contribution is 6.30. The molecule has 6 heteroatoms. The Labute approximate surface area is 143 Å². The molecule has 0 spiro atoms. The number of ether oxygens (including phenoxy) is 1. The summed E-state index contributed by atoms with van der Waals surface area (Å²) < 4.78 is 5.80. The molecule has 1 atom stereocenters. The first kappa shape index (κ1) is 18.2. The van der Waals surface area contributed by atoms with Crippen LogP contribution in [0.15, 0.2) is 24.3 Å². The van der Waals surface area contributed by atoms with Gasteiger partial charge >= 0.3 is 0 Å². The number of nitrogens with two attached hydrogens (primary N) is 1. The summed E-state index contributed by atoms with van der Waals surface area (Å²) in [7, 11) is 0. The monoisotopic (exact) mass is 339 g/mol. The van der Waals surface area contributed by atoms with Crippen LogP contribution < -0.4 is 11.1 Å². The fourth-order valence-electron chi connectivity index (χ4n) is 2.89. The summed E-state index contributed by atoms with van der Waals surface area (Å²) in [6.07, 6.45) is 0.349. The Morgan fingerprint density at radius 3 is 2.74 bits per heavy atom. The molecule has 3 N–H and O–H groups in total. The van der Waals surface area contributed by atoms with Crippen LogP contribution in [0.5, 0.6) is 0 Å². The minimum absolute atomic E-state index is 0.0148. The van der Waals surface area contributed by atoms with Crippen molar-refractivity contribution in [3.63, 3.8) is 0 Å². The van der Waals surface area contributed by atoms with Gasteiger partial charge in [0.2, 0.25) is 5.91 Å². The molecule has 1 amide bonds. The van der Waals surface area contributed by atoms with E-state index in [9.17, 15) is 4.79 Å². The van der Waals surface area contributed by atoms with Crippen LogP contribution >= 0.6 is 11.6 Å². The molecule has 1 unspecified atom stereocenters.